The summed E-state index contributed by atoms with van der Waals surface area (Å²) in [5, 5.41) is 0. The van der Waals surface area contributed by atoms with Crippen molar-refractivity contribution in [3.63, 3.8) is 0 Å². The molecular weight excluding hydrogens is 460 g/mol. The molecule has 0 amide bonds. The van der Waals surface area contributed by atoms with E-state index in [1.807, 2.05) is 0 Å². The first kappa shape index (κ1) is 24.1. The van der Waals surface area contributed by atoms with E-state index in [0.29, 0.717) is 0 Å². The summed E-state index contributed by atoms with van der Waals surface area (Å²) >= 11 is 0. The van der Waals surface area contributed by atoms with Gasteiger partial charge in [0.25, 0.3) is 0 Å². The monoisotopic (exact) mass is 496 g/mol. The molecule has 4 aliphatic rings. The summed E-state index contributed by atoms with van der Waals surface area (Å²) in [6, 6.07) is 17.0. The van der Waals surface area contributed by atoms with Crippen LogP contribution < -0.4 is 9.80 Å². The summed E-state index contributed by atoms with van der Waals surface area (Å²) < 4.78 is 13.4. The van der Waals surface area contributed by atoms with Gasteiger partial charge in [0.1, 0.15) is 12.2 Å². The Morgan fingerprint density at radius 2 is 1.11 bits per heavy atom. The van der Waals surface area contributed by atoms with Crippen LogP contribution >= 0.6 is 0 Å². The molecule has 0 N–H and O–H groups in total. The third-order valence-electron chi connectivity index (χ3n) is 7.90. The lowest BCUT2D eigenvalue weighted by Gasteiger charge is -2.58. The minimum Gasteiger partial charge on any atom is -0.374 e. The number of hydrogen-bond donors (Lipinski definition) is 0. The molecule has 0 radical (unpaired) electrons. The molecular formula is C31H36N4O2. The second-order valence-electron chi connectivity index (χ2n) is 10.5. The predicted molar refractivity (Wildman–Crippen MR) is 152 cm³/mol. The second kappa shape index (κ2) is 9.58. The van der Waals surface area contributed by atoms with E-state index in [1.54, 1.807) is 0 Å². The van der Waals surface area contributed by atoms with E-state index < -0.39 is 5.66 Å². The summed E-state index contributed by atoms with van der Waals surface area (Å²) in [6.07, 6.45) is 8.20. The Hall–Kier alpha value is -3.22. The summed E-state index contributed by atoms with van der Waals surface area (Å²) in [5.74, 6) is 0. The Balaban J connectivity index is 1.81. The highest BCUT2D eigenvalue weighted by atomic mass is 16.5. The standard InChI is InChI=1S/C31H36N4O2/c1-21-19-23(3)34-28-14-8-6-12-26(28)33-22(2)20-24(4)35(27-13-7-5-11-25(27)32-21)31(34,29-15-9-17-36-29)30-16-10-18-37-30/h5-8,11-14,19-20,29-30H,9-10,15-18H2,1-4H3/b23-19-,24-20-,32-21+,33-22+. The highest BCUT2D eigenvalue weighted by Gasteiger charge is 2.59. The Kier molecular flexibility index (Phi) is 6.25. The summed E-state index contributed by atoms with van der Waals surface area (Å²) in [4.78, 5) is 15.2. The first-order valence-corrected chi connectivity index (χ1v) is 13.5. The average molecular weight is 497 g/mol. The molecule has 0 aromatic heterocycles. The highest BCUT2D eigenvalue weighted by Crippen LogP contribution is 2.52. The van der Waals surface area contributed by atoms with Crippen molar-refractivity contribution < 1.29 is 9.47 Å². The molecule has 6 heteroatoms. The zero-order valence-electron chi connectivity index (χ0n) is 22.3. The van der Waals surface area contributed by atoms with Gasteiger partial charge in [0.05, 0.1) is 22.7 Å². The molecule has 6 rings (SSSR count). The van der Waals surface area contributed by atoms with E-state index in [2.05, 4.69) is 98.2 Å². The predicted octanol–water partition coefficient (Wildman–Crippen LogP) is 7.07. The van der Waals surface area contributed by atoms with E-state index in [0.717, 1.165) is 84.5 Å². The number of aliphatic imine (C=N–C) groups is 2. The van der Waals surface area contributed by atoms with E-state index in [1.165, 1.54) is 0 Å². The quantitative estimate of drug-likeness (QED) is 0.446. The van der Waals surface area contributed by atoms with E-state index in [9.17, 15) is 0 Å². The number of anilines is 2. The largest absolute Gasteiger partial charge is 0.374 e. The first-order chi connectivity index (χ1) is 18.0. The van der Waals surface area contributed by atoms with Crippen LogP contribution in [0, 0.1) is 0 Å². The fourth-order valence-corrected chi connectivity index (χ4v) is 6.71. The Morgan fingerprint density at radius 1 is 0.676 bits per heavy atom. The third kappa shape index (κ3) is 3.94. The molecule has 0 aliphatic carbocycles. The molecule has 4 aliphatic heterocycles. The molecule has 4 heterocycles. The van der Waals surface area contributed by atoms with E-state index in [-0.39, 0.29) is 12.2 Å². The molecule has 0 saturated carbocycles. The van der Waals surface area contributed by atoms with Crippen molar-refractivity contribution in [1.82, 2.24) is 0 Å². The van der Waals surface area contributed by atoms with Crippen LogP contribution in [0.15, 0.2) is 82.1 Å². The minimum absolute atomic E-state index is 0.0831. The van der Waals surface area contributed by atoms with Crippen LogP contribution in [0.1, 0.15) is 53.4 Å². The van der Waals surface area contributed by atoms with Gasteiger partial charge in [-0.25, -0.2) is 0 Å². The van der Waals surface area contributed by atoms with Crippen molar-refractivity contribution in [3.8, 4) is 0 Å². The van der Waals surface area contributed by atoms with Crippen LogP contribution in [0.25, 0.3) is 0 Å². The SMILES string of the molecule is C/C1=C/C(C)=N/c2ccccc2N2/C(C)=C\C(C)=N\c3ccccc3N1C2(C1CCCO1)C1CCCO1. The lowest BCUT2D eigenvalue weighted by atomic mass is 9.85. The number of nitrogens with zero attached hydrogens (tertiary/aromatic N) is 4. The maximum Gasteiger partial charge on any atom is 0.175 e. The lowest BCUT2D eigenvalue weighted by Crippen LogP contribution is -2.72. The number of ether oxygens (including phenoxy) is 2. The molecule has 2 unspecified atom stereocenters. The van der Waals surface area contributed by atoms with E-state index in [4.69, 9.17) is 19.5 Å². The normalized spacial score (nSPS) is 33.4. The van der Waals surface area contributed by atoms with Gasteiger partial charge in [-0.15, -0.1) is 0 Å². The van der Waals surface area contributed by atoms with Gasteiger partial charge >= 0.3 is 0 Å². The van der Waals surface area contributed by atoms with Crippen molar-refractivity contribution in [3.05, 3.63) is 72.1 Å². The van der Waals surface area contributed by atoms with Crippen LogP contribution in [0.3, 0.4) is 0 Å². The number of hydrogen-bond acceptors (Lipinski definition) is 6. The molecule has 2 aromatic rings. The number of rotatable bonds is 2. The van der Waals surface area contributed by atoms with Gasteiger partial charge in [0.2, 0.25) is 0 Å². The zero-order chi connectivity index (χ0) is 25.6. The van der Waals surface area contributed by atoms with Crippen LogP contribution in [0.5, 0.6) is 0 Å². The first-order valence-electron chi connectivity index (χ1n) is 13.5. The summed E-state index contributed by atoms with van der Waals surface area (Å²) in [7, 11) is 0. The molecule has 37 heavy (non-hydrogen) atoms. The van der Waals surface area contributed by atoms with Gasteiger partial charge in [0, 0.05) is 36.0 Å². The molecule has 2 fully saturated rings. The number of allylic oxidation sites excluding steroid dienone is 4. The van der Waals surface area contributed by atoms with Gasteiger partial charge in [-0.3, -0.25) is 9.98 Å². The zero-order valence-corrected chi connectivity index (χ0v) is 22.3. The smallest absolute Gasteiger partial charge is 0.175 e. The van der Waals surface area contributed by atoms with E-state index >= 15 is 0 Å². The Bertz CT molecular complexity index is 1210. The fraction of sp³-hybridized carbons (Fsp3) is 0.419. The van der Waals surface area contributed by atoms with Crippen LogP contribution in [0.2, 0.25) is 0 Å². The van der Waals surface area contributed by atoms with Gasteiger partial charge in [-0.05, 0) is 89.8 Å². The van der Waals surface area contributed by atoms with Gasteiger partial charge in [-0.1, -0.05) is 24.3 Å². The minimum atomic E-state index is -0.680. The number of fused-ring (bicyclic) bond motifs is 6. The van der Waals surface area contributed by atoms with Crippen molar-refractivity contribution in [2.75, 3.05) is 23.0 Å². The molecule has 2 aromatic carbocycles. The highest BCUT2D eigenvalue weighted by molar-refractivity contribution is 6.00. The van der Waals surface area contributed by atoms with Gasteiger partial charge < -0.3 is 19.3 Å². The molecule has 2 atom stereocenters. The number of para-hydroxylation sites is 4. The van der Waals surface area contributed by atoms with Crippen LogP contribution in [-0.4, -0.2) is 42.5 Å². The molecule has 0 spiro atoms. The summed E-state index contributed by atoms with van der Waals surface area (Å²) in [5.41, 5.74) is 7.44. The van der Waals surface area contributed by atoms with Crippen molar-refractivity contribution in [2.45, 2.75) is 71.2 Å². The molecule has 2 bridgehead atoms. The fourth-order valence-electron chi connectivity index (χ4n) is 6.71. The average Bonchev–Trinajstić information content (AvgIpc) is 3.60. The maximum atomic E-state index is 6.71. The van der Waals surface area contributed by atoms with Crippen LogP contribution in [0.4, 0.5) is 22.7 Å². The maximum absolute atomic E-state index is 6.71. The van der Waals surface area contributed by atoms with Gasteiger partial charge in [0.15, 0.2) is 5.66 Å². The molecule has 192 valence electrons. The van der Waals surface area contributed by atoms with Crippen molar-refractivity contribution >= 4 is 34.2 Å². The number of benzene rings is 2. The molecule has 6 nitrogen and oxygen atoms in total. The van der Waals surface area contributed by atoms with Crippen molar-refractivity contribution in [1.29, 1.82) is 0 Å². The van der Waals surface area contributed by atoms with Crippen molar-refractivity contribution in [2.24, 2.45) is 9.98 Å². The third-order valence-corrected chi connectivity index (χ3v) is 7.90. The topological polar surface area (TPSA) is 49.7 Å². The molecule has 2 saturated heterocycles. The van der Waals surface area contributed by atoms with Gasteiger partial charge in [-0.2, -0.15) is 0 Å². The second-order valence-corrected chi connectivity index (χ2v) is 10.5. The Labute approximate surface area is 220 Å². The lowest BCUT2D eigenvalue weighted by molar-refractivity contribution is -0.0364. The Morgan fingerprint density at radius 3 is 1.51 bits per heavy atom. The van der Waals surface area contributed by atoms with Crippen LogP contribution in [-0.2, 0) is 9.47 Å². The summed E-state index contributed by atoms with van der Waals surface area (Å²) in [6.45, 7) is 10.0.